The molecule has 190 valence electrons. The van der Waals surface area contributed by atoms with Crippen LogP contribution in [0.4, 0.5) is 5.69 Å². The second-order valence-electron chi connectivity index (χ2n) is 10.0. The first-order chi connectivity index (χ1) is 19.0. The smallest absolute Gasteiger partial charge is 0.238 e. The summed E-state index contributed by atoms with van der Waals surface area (Å²) in [4.78, 5) is 43.3. The number of carbonyl (C=O) groups is 3. The van der Waals surface area contributed by atoms with Gasteiger partial charge in [-0.2, -0.15) is 5.10 Å². The third kappa shape index (κ3) is 3.28. The summed E-state index contributed by atoms with van der Waals surface area (Å²) in [6.45, 7) is 0. The van der Waals surface area contributed by atoms with Crippen molar-refractivity contribution < 1.29 is 14.4 Å². The molecule has 1 fully saturated rings. The monoisotopic (exact) mass is 531 g/mol. The van der Waals surface area contributed by atoms with Gasteiger partial charge < -0.3 is 5.32 Å². The Kier molecular flexibility index (Phi) is 5.28. The molecule has 3 aliphatic rings. The largest absolute Gasteiger partial charge is 0.325 e. The van der Waals surface area contributed by atoms with Crippen LogP contribution in [0.15, 0.2) is 108 Å². The van der Waals surface area contributed by atoms with Crippen molar-refractivity contribution in [3.8, 4) is 0 Å². The van der Waals surface area contributed by atoms with Crippen LogP contribution in [-0.2, 0) is 10.2 Å². The Bertz CT molecular complexity index is 1680. The fraction of sp³-hybridized carbons (Fsp3) is 0.125. The predicted molar refractivity (Wildman–Crippen MR) is 149 cm³/mol. The molecule has 1 N–H and O–H groups in total. The summed E-state index contributed by atoms with van der Waals surface area (Å²) < 4.78 is 0. The van der Waals surface area contributed by atoms with Gasteiger partial charge in [0.1, 0.15) is 11.5 Å². The molecule has 3 heterocycles. The van der Waals surface area contributed by atoms with E-state index in [0.29, 0.717) is 27.4 Å². The number of hydrogen-bond acceptors (Lipinski definition) is 5. The van der Waals surface area contributed by atoms with Gasteiger partial charge in [-0.1, -0.05) is 84.4 Å². The van der Waals surface area contributed by atoms with Crippen molar-refractivity contribution >= 4 is 41.0 Å². The van der Waals surface area contributed by atoms with E-state index in [4.69, 9.17) is 16.7 Å². The molecular weight excluding hydrogens is 510 g/mol. The van der Waals surface area contributed by atoms with Crippen LogP contribution in [0.3, 0.4) is 0 Å². The van der Waals surface area contributed by atoms with Crippen LogP contribution in [-0.4, -0.2) is 34.7 Å². The Morgan fingerprint density at radius 1 is 0.795 bits per heavy atom. The van der Waals surface area contributed by atoms with E-state index in [1.165, 1.54) is 0 Å². The highest BCUT2D eigenvalue weighted by molar-refractivity contribution is 6.30. The number of carbonyl (C=O) groups excluding carboxylic acids is 3. The number of anilines is 1. The Morgan fingerprint density at radius 2 is 1.46 bits per heavy atom. The first-order valence-corrected chi connectivity index (χ1v) is 13.1. The summed E-state index contributed by atoms with van der Waals surface area (Å²) in [7, 11) is 0. The molecule has 4 aromatic carbocycles. The maximum absolute atomic E-state index is 14.6. The Labute approximate surface area is 229 Å². The molecular formula is C32H22ClN3O3. The number of hydrogen-bond donors (Lipinski definition) is 1. The SMILES string of the molecule is O=C(c1ccc(Cl)cc1)[C@H]1[C@H](C(=O)c2ccccc2)[C@]2(C(=O)Nc3ccccc32)[C@H]2c3ccccc3C=NN12. The Hall–Kier alpha value is -4.55. The third-order valence-electron chi connectivity index (χ3n) is 8.14. The molecule has 3 aliphatic heterocycles. The number of rotatable bonds is 4. The van der Waals surface area contributed by atoms with Crippen molar-refractivity contribution in [1.29, 1.82) is 0 Å². The molecule has 6 nitrogen and oxygen atoms in total. The highest BCUT2D eigenvalue weighted by Gasteiger charge is 2.71. The van der Waals surface area contributed by atoms with Gasteiger partial charge in [-0.3, -0.25) is 19.4 Å². The number of benzene rings is 4. The van der Waals surface area contributed by atoms with E-state index in [-0.39, 0.29) is 17.5 Å². The van der Waals surface area contributed by atoms with Gasteiger partial charge in [0, 0.05) is 21.8 Å². The normalized spacial score (nSPS) is 24.2. The molecule has 0 saturated carbocycles. The fourth-order valence-electron chi connectivity index (χ4n) is 6.54. The number of amides is 1. The van der Waals surface area contributed by atoms with E-state index in [1.54, 1.807) is 59.8 Å². The van der Waals surface area contributed by atoms with Crippen molar-refractivity contribution in [3.63, 3.8) is 0 Å². The molecule has 39 heavy (non-hydrogen) atoms. The standard InChI is InChI=1S/C32H22ClN3O3/c33-22-16-14-20(15-17-22)29(38)27-26(28(37)19-8-2-1-3-9-19)32(24-12-6-7-13-25(24)35-31(32)39)30-23-11-5-4-10-21(23)18-34-36(27)30/h1-18,26-27,30H,(H,35,39)/t26-,27-,30-,32+/m1/s1. The van der Waals surface area contributed by atoms with Gasteiger partial charge >= 0.3 is 0 Å². The highest BCUT2D eigenvalue weighted by Crippen LogP contribution is 2.61. The molecule has 7 rings (SSSR count). The minimum atomic E-state index is -1.40. The first kappa shape index (κ1) is 23.6. The average Bonchev–Trinajstić information content (AvgIpc) is 3.45. The summed E-state index contributed by atoms with van der Waals surface area (Å²) in [6.07, 6.45) is 1.70. The lowest BCUT2D eigenvalue weighted by atomic mass is 9.62. The van der Waals surface area contributed by atoms with Crippen LogP contribution in [0.1, 0.15) is 43.4 Å². The predicted octanol–water partition coefficient (Wildman–Crippen LogP) is 5.68. The number of nitrogens with zero attached hydrogens (tertiary/aromatic N) is 2. The van der Waals surface area contributed by atoms with Crippen LogP contribution in [0, 0.1) is 5.92 Å². The topological polar surface area (TPSA) is 78.8 Å². The second kappa shape index (κ2) is 8.75. The summed E-state index contributed by atoms with van der Waals surface area (Å²) >= 11 is 6.12. The van der Waals surface area contributed by atoms with Gasteiger partial charge in [-0.25, -0.2) is 0 Å². The number of halogens is 1. The average molecular weight is 532 g/mol. The molecule has 0 unspecified atom stereocenters. The molecule has 7 heteroatoms. The highest BCUT2D eigenvalue weighted by atomic mass is 35.5. The van der Waals surface area contributed by atoms with Gasteiger partial charge in [0.25, 0.3) is 0 Å². The summed E-state index contributed by atoms with van der Waals surface area (Å²) in [5.74, 6) is -1.94. The number of Topliss-reactive ketones (excluding diaryl/α,β-unsaturated/α-hetero) is 2. The van der Waals surface area contributed by atoms with Crippen LogP contribution >= 0.6 is 11.6 Å². The van der Waals surface area contributed by atoms with Crippen LogP contribution in [0.25, 0.3) is 0 Å². The Balaban J connectivity index is 1.54. The molecule has 1 spiro atoms. The van der Waals surface area contributed by atoms with Gasteiger partial charge in [0.15, 0.2) is 11.6 Å². The second-order valence-corrected chi connectivity index (χ2v) is 10.5. The fourth-order valence-corrected chi connectivity index (χ4v) is 6.67. The molecule has 4 aromatic rings. The van der Waals surface area contributed by atoms with E-state index >= 15 is 0 Å². The van der Waals surface area contributed by atoms with Crippen LogP contribution in [0.2, 0.25) is 5.02 Å². The number of hydrazone groups is 1. The number of nitrogens with one attached hydrogen (secondary N) is 1. The minimum absolute atomic E-state index is 0.281. The molecule has 0 aromatic heterocycles. The summed E-state index contributed by atoms with van der Waals surface area (Å²) in [5, 5.41) is 9.98. The van der Waals surface area contributed by atoms with E-state index in [0.717, 1.165) is 11.1 Å². The summed E-state index contributed by atoms with van der Waals surface area (Å²) in [5.41, 5.74) is 2.45. The van der Waals surface area contributed by atoms with Crippen molar-refractivity contribution in [2.75, 3.05) is 5.32 Å². The quantitative estimate of drug-likeness (QED) is 0.343. The summed E-state index contributed by atoms with van der Waals surface area (Å²) in [6, 6.07) is 28.9. The van der Waals surface area contributed by atoms with E-state index in [2.05, 4.69) is 5.32 Å². The third-order valence-corrected chi connectivity index (χ3v) is 8.39. The van der Waals surface area contributed by atoms with Crippen molar-refractivity contribution in [2.45, 2.75) is 17.5 Å². The number of para-hydroxylation sites is 1. The van der Waals surface area contributed by atoms with Gasteiger partial charge in [0.2, 0.25) is 5.91 Å². The minimum Gasteiger partial charge on any atom is -0.325 e. The van der Waals surface area contributed by atoms with E-state index in [9.17, 15) is 14.4 Å². The molecule has 1 amide bonds. The molecule has 0 aliphatic carbocycles. The molecule has 4 atom stereocenters. The maximum Gasteiger partial charge on any atom is 0.238 e. The van der Waals surface area contributed by atoms with Crippen LogP contribution < -0.4 is 5.32 Å². The van der Waals surface area contributed by atoms with E-state index in [1.807, 2.05) is 54.6 Å². The number of fused-ring (bicyclic) bond motifs is 6. The lowest BCUT2D eigenvalue weighted by molar-refractivity contribution is -0.122. The van der Waals surface area contributed by atoms with Gasteiger partial charge in [-0.05, 0) is 47.0 Å². The Morgan fingerprint density at radius 3 is 2.26 bits per heavy atom. The van der Waals surface area contributed by atoms with Gasteiger partial charge in [0.05, 0.1) is 18.2 Å². The van der Waals surface area contributed by atoms with Crippen molar-refractivity contribution in [3.05, 3.63) is 136 Å². The van der Waals surface area contributed by atoms with Gasteiger partial charge in [-0.15, -0.1) is 0 Å². The first-order valence-electron chi connectivity index (χ1n) is 12.7. The number of ketones is 2. The zero-order valence-electron chi connectivity index (χ0n) is 20.6. The van der Waals surface area contributed by atoms with Crippen LogP contribution in [0.5, 0.6) is 0 Å². The molecule has 0 radical (unpaired) electrons. The lowest BCUT2D eigenvalue weighted by Crippen LogP contribution is -2.49. The van der Waals surface area contributed by atoms with E-state index < -0.39 is 23.4 Å². The lowest BCUT2D eigenvalue weighted by Gasteiger charge is -2.37. The zero-order valence-corrected chi connectivity index (χ0v) is 21.4. The molecule has 1 saturated heterocycles. The maximum atomic E-state index is 14.6. The van der Waals surface area contributed by atoms with Crippen molar-refractivity contribution in [1.82, 2.24) is 5.01 Å². The van der Waals surface area contributed by atoms with Crippen molar-refractivity contribution in [2.24, 2.45) is 11.0 Å². The zero-order chi connectivity index (χ0) is 26.7. The molecule has 0 bridgehead atoms.